The van der Waals surface area contributed by atoms with Crippen molar-refractivity contribution in [1.29, 1.82) is 0 Å². The summed E-state index contributed by atoms with van der Waals surface area (Å²) in [5.74, 6) is -0.154. The number of carbonyl (C=O) groups excluding carboxylic acids is 1. The minimum Gasteiger partial charge on any atom is -0.352 e. The Morgan fingerprint density at radius 3 is 2.58 bits per heavy atom. The largest absolute Gasteiger partial charge is 0.352 e. The zero-order chi connectivity index (χ0) is 17.2. The third kappa shape index (κ3) is 3.99. The van der Waals surface area contributed by atoms with Crippen LogP contribution in [-0.4, -0.2) is 56.5 Å². The molecular weight excluding hydrogens is 372 g/mol. The zero-order valence-corrected chi connectivity index (χ0v) is 15.8. The quantitative estimate of drug-likeness (QED) is 0.849. The predicted molar refractivity (Wildman–Crippen MR) is 95.9 cm³/mol. The van der Waals surface area contributed by atoms with Crippen LogP contribution in [-0.2, 0) is 9.47 Å². The number of ether oxygens (including phenoxy) is 2. The van der Waals surface area contributed by atoms with Crippen LogP contribution in [0.4, 0.5) is 0 Å². The number of amides is 1. The van der Waals surface area contributed by atoms with Crippen LogP contribution in [0.25, 0.3) is 0 Å². The minimum absolute atomic E-state index is 0.0344. The minimum atomic E-state index is -0.431. The summed E-state index contributed by atoms with van der Waals surface area (Å²) in [6, 6.07) is 7.84. The lowest BCUT2D eigenvalue weighted by Crippen LogP contribution is -2.51. The molecule has 6 heteroatoms. The Labute approximate surface area is 151 Å². The molecule has 5 nitrogen and oxygen atoms in total. The number of hydrogen-bond acceptors (Lipinski definition) is 4. The summed E-state index contributed by atoms with van der Waals surface area (Å²) in [5.41, 5.74) is 0.679. The molecule has 0 bridgehead atoms. The first kappa shape index (κ1) is 17.9. The van der Waals surface area contributed by atoms with Gasteiger partial charge >= 0.3 is 0 Å². The highest BCUT2D eigenvalue weighted by Gasteiger charge is 2.45. The first-order chi connectivity index (χ1) is 11.5. The third-order valence-corrected chi connectivity index (χ3v) is 5.58. The lowest BCUT2D eigenvalue weighted by Gasteiger charge is -2.43. The molecule has 1 aromatic carbocycles. The molecule has 2 aliphatic rings. The topological polar surface area (TPSA) is 50.8 Å². The van der Waals surface area contributed by atoms with Crippen LogP contribution in [0, 0.1) is 5.92 Å². The van der Waals surface area contributed by atoms with Crippen LogP contribution >= 0.6 is 15.9 Å². The zero-order valence-electron chi connectivity index (χ0n) is 14.3. The number of carbonyl (C=O) groups is 1. The monoisotopic (exact) mass is 396 g/mol. The van der Waals surface area contributed by atoms with Crippen molar-refractivity contribution in [3.63, 3.8) is 0 Å². The van der Waals surface area contributed by atoms with Crippen LogP contribution in [0.3, 0.4) is 0 Å². The molecule has 132 valence electrons. The molecule has 1 aliphatic heterocycles. The van der Waals surface area contributed by atoms with E-state index in [0.29, 0.717) is 37.3 Å². The van der Waals surface area contributed by atoms with Crippen molar-refractivity contribution in [3.05, 3.63) is 34.3 Å². The van der Waals surface area contributed by atoms with Crippen molar-refractivity contribution < 1.29 is 14.3 Å². The predicted octanol–water partition coefficient (Wildman–Crippen LogP) is 2.65. The van der Waals surface area contributed by atoms with Crippen LogP contribution < -0.4 is 5.32 Å². The number of halogens is 1. The molecule has 0 radical (unpaired) electrons. The fraction of sp³-hybridized carbons (Fsp3) is 0.611. The van der Waals surface area contributed by atoms with Crippen molar-refractivity contribution in [3.8, 4) is 0 Å². The van der Waals surface area contributed by atoms with Crippen molar-refractivity contribution in [2.24, 2.45) is 5.92 Å². The van der Waals surface area contributed by atoms with Crippen LogP contribution in [0.2, 0.25) is 0 Å². The van der Waals surface area contributed by atoms with E-state index in [1.165, 1.54) is 0 Å². The second kappa shape index (κ2) is 7.52. The fourth-order valence-electron chi connectivity index (χ4n) is 3.82. The molecule has 1 saturated heterocycles. The maximum absolute atomic E-state index is 12.4. The smallest absolute Gasteiger partial charge is 0.251 e. The number of nitrogens with one attached hydrogen (secondary N) is 1. The second-order valence-electron chi connectivity index (χ2n) is 6.86. The molecule has 2 unspecified atom stereocenters. The van der Waals surface area contributed by atoms with E-state index in [1.54, 1.807) is 0 Å². The van der Waals surface area contributed by atoms with Gasteiger partial charge in [0, 0.05) is 35.5 Å². The van der Waals surface area contributed by atoms with Gasteiger partial charge in [-0.05, 0) is 50.7 Å². The van der Waals surface area contributed by atoms with E-state index in [4.69, 9.17) is 9.47 Å². The normalized spacial score (nSPS) is 26.0. The van der Waals surface area contributed by atoms with E-state index in [0.717, 1.165) is 23.7 Å². The summed E-state index contributed by atoms with van der Waals surface area (Å²) in [4.78, 5) is 14.6. The molecule has 3 rings (SSSR count). The first-order valence-corrected chi connectivity index (χ1v) is 9.26. The molecular formula is C18H25BrN2O3. The lowest BCUT2D eigenvalue weighted by molar-refractivity contribution is -0.194. The number of benzene rings is 1. The van der Waals surface area contributed by atoms with E-state index in [2.05, 4.69) is 40.2 Å². The van der Waals surface area contributed by atoms with Gasteiger partial charge in [-0.2, -0.15) is 0 Å². The molecule has 24 heavy (non-hydrogen) atoms. The summed E-state index contributed by atoms with van der Waals surface area (Å²) in [6.07, 6.45) is 2.77. The van der Waals surface area contributed by atoms with E-state index in [9.17, 15) is 4.79 Å². The van der Waals surface area contributed by atoms with Gasteiger partial charge < -0.3 is 19.7 Å². The molecule has 0 aromatic heterocycles. The fourth-order valence-corrected chi connectivity index (χ4v) is 4.08. The molecule has 1 heterocycles. The molecule has 1 N–H and O–H groups in total. The average molecular weight is 397 g/mol. The van der Waals surface area contributed by atoms with Gasteiger partial charge in [-0.1, -0.05) is 15.9 Å². The number of nitrogens with zero attached hydrogens (tertiary/aromatic N) is 1. The molecule has 2 atom stereocenters. The molecule has 1 spiro atoms. The highest BCUT2D eigenvalue weighted by atomic mass is 79.9. The van der Waals surface area contributed by atoms with Gasteiger partial charge in [0.2, 0.25) is 0 Å². The van der Waals surface area contributed by atoms with Crippen LogP contribution in [0.15, 0.2) is 28.7 Å². The molecule has 2 fully saturated rings. The van der Waals surface area contributed by atoms with Crippen molar-refractivity contribution in [2.45, 2.75) is 31.1 Å². The van der Waals surface area contributed by atoms with Gasteiger partial charge in [0.1, 0.15) is 0 Å². The van der Waals surface area contributed by atoms with E-state index >= 15 is 0 Å². The Morgan fingerprint density at radius 2 is 1.96 bits per heavy atom. The van der Waals surface area contributed by atoms with Gasteiger partial charge in [-0.15, -0.1) is 0 Å². The first-order valence-electron chi connectivity index (χ1n) is 8.47. The summed E-state index contributed by atoms with van der Waals surface area (Å²) < 4.78 is 12.7. The average Bonchev–Trinajstić information content (AvgIpc) is 3.01. The number of rotatable bonds is 4. The van der Waals surface area contributed by atoms with Crippen molar-refractivity contribution in [1.82, 2.24) is 10.2 Å². The standard InChI is InChI=1S/C18H25BrN2O3/c1-21(2)16-7-8-18(23-9-10-24-18)11-14(16)12-20-17(22)13-3-5-15(19)6-4-13/h3-6,14,16H,7-12H2,1-2H3,(H,20,22). The SMILES string of the molecule is CN(C)C1CCC2(CC1CNC(=O)c1ccc(Br)cc1)OCCO2. The summed E-state index contributed by atoms with van der Waals surface area (Å²) >= 11 is 3.39. The van der Waals surface area contributed by atoms with Gasteiger partial charge in [0.25, 0.3) is 5.91 Å². The van der Waals surface area contributed by atoms with Crippen molar-refractivity contribution in [2.75, 3.05) is 33.9 Å². The molecule has 1 saturated carbocycles. The van der Waals surface area contributed by atoms with Crippen LogP contribution in [0.1, 0.15) is 29.6 Å². The summed E-state index contributed by atoms with van der Waals surface area (Å²) in [7, 11) is 4.20. The Morgan fingerprint density at radius 1 is 1.29 bits per heavy atom. The van der Waals surface area contributed by atoms with Crippen molar-refractivity contribution >= 4 is 21.8 Å². The Kier molecular flexibility index (Phi) is 5.59. The van der Waals surface area contributed by atoms with E-state index in [1.807, 2.05) is 24.3 Å². The molecule has 1 aliphatic carbocycles. The summed E-state index contributed by atoms with van der Waals surface area (Å²) in [5, 5.41) is 3.09. The second-order valence-corrected chi connectivity index (χ2v) is 7.77. The lowest BCUT2D eigenvalue weighted by atomic mass is 9.80. The Hall–Kier alpha value is -0.950. The summed E-state index contributed by atoms with van der Waals surface area (Å²) in [6.45, 7) is 1.97. The maximum Gasteiger partial charge on any atom is 0.251 e. The van der Waals surface area contributed by atoms with Gasteiger partial charge in [0.05, 0.1) is 13.2 Å². The van der Waals surface area contributed by atoms with Crippen LogP contribution in [0.5, 0.6) is 0 Å². The van der Waals surface area contributed by atoms with Gasteiger partial charge in [0.15, 0.2) is 5.79 Å². The van der Waals surface area contributed by atoms with E-state index < -0.39 is 5.79 Å². The highest BCUT2D eigenvalue weighted by Crippen LogP contribution is 2.40. The number of hydrogen-bond donors (Lipinski definition) is 1. The van der Waals surface area contributed by atoms with Gasteiger partial charge in [-0.25, -0.2) is 0 Å². The van der Waals surface area contributed by atoms with Gasteiger partial charge in [-0.3, -0.25) is 4.79 Å². The highest BCUT2D eigenvalue weighted by molar-refractivity contribution is 9.10. The molecule has 1 aromatic rings. The third-order valence-electron chi connectivity index (χ3n) is 5.05. The Bertz CT molecular complexity index is 570. The molecule has 1 amide bonds. The van der Waals surface area contributed by atoms with E-state index in [-0.39, 0.29) is 5.91 Å². The maximum atomic E-state index is 12.4. The Balaban J connectivity index is 1.63.